The highest BCUT2D eigenvalue weighted by atomic mass is 16.5. The molecule has 7 heteroatoms. The first-order chi connectivity index (χ1) is 9.84. The average Bonchev–Trinajstić information content (AvgIpc) is 2.46. The number of rotatable bonds is 5. The van der Waals surface area contributed by atoms with Gasteiger partial charge in [0.1, 0.15) is 5.54 Å². The summed E-state index contributed by atoms with van der Waals surface area (Å²) in [4.78, 5) is 23.9. The van der Waals surface area contributed by atoms with Gasteiger partial charge in [-0.05, 0) is 31.5 Å². The van der Waals surface area contributed by atoms with E-state index < -0.39 is 23.2 Å². The standard InChI is InChI=1S/C14H16N2O5/c1-14(6-3-7-15,13(20)21-2)16-12(19)9-4-5-10(17)11(18)8-9/h4-5,8,17-18H,3,6H2,1-2H3,(H,16,19). The van der Waals surface area contributed by atoms with Crippen LogP contribution in [0.3, 0.4) is 0 Å². The molecular formula is C14H16N2O5. The highest BCUT2D eigenvalue weighted by molar-refractivity contribution is 5.98. The van der Waals surface area contributed by atoms with Crippen molar-refractivity contribution in [3.8, 4) is 17.6 Å². The molecule has 0 heterocycles. The topological polar surface area (TPSA) is 120 Å². The number of ether oxygens (including phenoxy) is 1. The van der Waals surface area contributed by atoms with Crippen LogP contribution < -0.4 is 5.32 Å². The Labute approximate surface area is 121 Å². The summed E-state index contributed by atoms with van der Waals surface area (Å²) in [6.45, 7) is 1.45. The fraction of sp³-hybridized carbons (Fsp3) is 0.357. The van der Waals surface area contributed by atoms with Gasteiger partial charge < -0.3 is 20.3 Å². The van der Waals surface area contributed by atoms with E-state index in [1.807, 2.05) is 6.07 Å². The number of esters is 1. The first kappa shape index (κ1) is 16.3. The lowest BCUT2D eigenvalue weighted by atomic mass is 9.95. The minimum absolute atomic E-state index is 0.0622. The molecule has 0 aliphatic rings. The van der Waals surface area contributed by atoms with Crippen LogP contribution in [-0.2, 0) is 9.53 Å². The Morgan fingerprint density at radius 2 is 2.05 bits per heavy atom. The molecule has 0 radical (unpaired) electrons. The van der Waals surface area contributed by atoms with E-state index in [2.05, 4.69) is 10.1 Å². The lowest BCUT2D eigenvalue weighted by molar-refractivity contribution is -0.147. The molecule has 1 rings (SSSR count). The van der Waals surface area contributed by atoms with E-state index in [9.17, 15) is 19.8 Å². The molecule has 1 atom stereocenters. The quantitative estimate of drug-likeness (QED) is 0.551. The van der Waals surface area contributed by atoms with Crippen molar-refractivity contribution in [3.05, 3.63) is 23.8 Å². The molecule has 0 saturated carbocycles. The number of nitriles is 1. The molecule has 0 aromatic heterocycles. The number of aromatic hydroxyl groups is 2. The zero-order valence-corrected chi connectivity index (χ0v) is 11.7. The monoisotopic (exact) mass is 292 g/mol. The summed E-state index contributed by atoms with van der Waals surface area (Å²) in [5.41, 5.74) is -1.29. The van der Waals surface area contributed by atoms with Crippen molar-refractivity contribution in [1.82, 2.24) is 5.32 Å². The maximum absolute atomic E-state index is 12.1. The van der Waals surface area contributed by atoms with Crippen molar-refractivity contribution >= 4 is 11.9 Å². The van der Waals surface area contributed by atoms with Crippen LogP contribution in [0.5, 0.6) is 11.5 Å². The number of phenolic OH excluding ortho intramolecular Hbond substituents is 2. The minimum Gasteiger partial charge on any atom is -0.504 e. The fourth-order valence-electron chi connectivity index (χ4n) is 1.73. The Bertz CT molecular complexity index is 594. The van der Waals surface area contributed by atoms with Crippen LogP contribution in [0.25, 0.3) is 0 Å². The Hall–Kier alpha value is -2.75. The molecule has 21 heavy (non-hydrogen) atoms. The maximum atomic E-state index is 12.1. The normalized spacial score (nSPS) is 12.8. The van der Waals surface area contributed by atoms with E-state index in [-0.39, 0.29) is 24.2 Å². The second-order valence-corrected chi connectivity index (χ2v) is 4.64. The van der Waals surface area contributed by atoms with Gasteiger partial charge >= 0.3 is 5.97 Å². The van der Waals surface area contributed by atoms with Gasteiger partial charge in [0, 0.05) is 12.0 Å². The first-order valence-electron chi connectivity index (χ1n) is 6.14. The number of amides is 1. The van der Waals surface area contributed by atoms with E-state index >= 15 is 0 Å². The largest absolute Gasteiger partial charge is 0.504 e. The van der Waals surface area contributed by atoms with Crippen LogP contribution in [0.4, 0.5) is 0 Å². The van der Waals surface area contributed by atoms with Crippen LogP contribution in [0.1, 0.15) is 30.1 Å². The predicted molar refractivity (Wildman–Crippen MR) is 72.5 cm³/mol. The molecular weight excluding hydrogens is 276 g/mol. The Balaban J connectivity index is 2.97. The van der Waals surface area contributed by atoms with Gasteiger partial charge in [0.25, 0.3) is 5.91 Å². The smallest absolute Gasteiger partial charge is 0.331 e. The number of methoxy groups -OCH3 is 1. The Morgan fingerprint density at radius 3 is 2.57 bits per heavy atom. The van der Waals surface area contributed by atoms with Crippen molar-refractivity contribution in [1.29, 1.82) is 5.26 Å². The van der Waals surface area contributed by atoms with Gasteiger partial charge in [-0.2, -0.15) is 5.26 Å². The number of carbonyl (C=O) groups is 2. The van der Waals surface area contributed by atoms with Gasteiger partial charge in [-0.25, -0.2) is 4.79 Å². The van der Waals surface area contributed by atoms with Crippen LogP contribution in [0, 0.1) is 11.3 Å². The Kier molecular flexibility index (Phi) is 5.13. The molecule has 1 aromatic rings. The molecule has 0 bridgehead atoms. The molecule has 1 amide bonds. The van der Waals surface area contributed by atoms with Gasteiger partial charge in [0.15, 0.2) is 11.5 Å². The van der Waals surface area contributed by atoms with Crippen LogP contribution in [0.2, 0.25) is 0 Å². The molecule has 0 aliphatic carbocycles. The number of hydrogen-bond acceptors (Lipinski definition) is 6. The number of hydrogen-bond donors (Lipinski definition) is 3. The summed E-state index contributed by atoms with van der Waals surface area (Å²) in [5, 5.41) is 29.7. The van der Waals surface area contributed by atoms with Crippen LogP contribution in [0.15, 0.2) is 18.2 Å². The molecule has 3 N–H and O–H groups in total. The van der Waals surface area contributed by atoms with E-state index in [1.165, 1.54) is 20.1 Å². The van der Waals surface area contributed by atoms with Crippen LogP contribution >= 0.6 is 0 Å². The third-order valence-electron chi connectivity index (χ3n) is 3.00. The van der Waals surface area contributed by atoms with E-state index in [4.69, 9.17) is 5.26 Å². The van der Waals surface area contributed by atoms with E-state index in [0.717, 1.165) is 12.1 Å². The highest BCUT2D eigenvalue weighted by Gasteiger charge is 2.36. The number of benzene rings is 1. The van der Waals surface area contributed by atoms with Crippen molar-refractivity contribution in [2.24, 2.45) is 0 Å². The molecule has 1 aromatic carbocycles. The minimum atomic E-state index is -1.35. The SMILES string of the molecule is COC(=O)C(C)(CCC#N)NC(=O)c1ccc(O)c(O)c1. The molecule has 0 fully saturated rings. The van der Waals surface area contributed by atoms with Gasteiger partial charge in [0.05, 0.1) is 13.2 Å². The average molecular weight is 292 g/mol. The van der Waals surface area contributed by atoms with Gasteiger partial charge in [-0.1, -0.05) is 0 Å². The second kappa shape index (κ2) is 6.61. The highest BCUT2D eigenvalue weighted by Crippen LogP contribution is 2.25. The van der Waals surface area contributed by atoms with Crippen molar-refractivity contribution in [2.45, 2.75) is 25.3 Å². The molecule has 0 spiro atoms. The molecule has 1 unspecified atom stereocenters. The van der Waals surface area contributed by atoms with Gasteiger partial charge in [-0.15, -0.1) is 0 Å². The number of carbonyl (C=O) groups excluding carboxylic acids is 2. The summed E-state index contributed by atoms with van der Waals surface area (Å²) in [5.74, 6) is -2.10. The predicted octanol–water partition coefficient (Wildman–Crippen LogP) is 1.06. The number of phenols is 2. The third kappa shape index (κ3) is 3.86. The second-order valence-electron chi connectivity index (χ2n) is 4.64. The summed E-state index contributed by atoms with van der Waals surface area (Å²) in [7, 11) is 1.19. The van der Waals surface area contributed by atoms with Crippen molar-refractivity contribution < 1.29 is 24.5 Å². The summed E-state index contributed by atoms with van der Waals surface area (Å²) in [6, 6.07) is 5.44. The van der Waals surface area contributed by atoms with Gasteiger partial charge in [-0.3, -0.25) is 4.79 Å². The maximum Gasteiger partial charge on any atom is 0.331 e. The summed E-state index contributed by atoms with van der Waals surface area (Å²) < 4.78 is 4.64. The first-order valence-corrected chi connectivity index (χ1v) is 6.14. The van der Waals surface area contributed by atoms with Gasteiger partial charge in [0.2, 0.25) is 0 Å². The molecule has 0 saturated heterocycles. The lowest BCUT2D eigenvalue weighted by Crippen LogP contribution is -2.52. The van der Waals surface area contributed by atoms with E-state index in [0.29, 0.717) is 0 Å². The third-order valence-corrected chi connectivity index (χ3v) is 3.00. The van der Waals surface area contributed by atoms with E-state index in [1.54, 1.807) is 0 Å². The molecule has 112 valence electrons. The van der Waals surface area contributed by atoms with Crippen LogP contribution in [-0.4, -0.2) is 34.7 Å². The summed E-state index contributed by atoms with van der Waals surface area (Å²) >= 11 is 0. The number of nitrogens with one attached hydrogen (secondary N) is 1. The molecule has 7 nitrogen and oxygen atoms in total. The zero-order valence-electron chi connectivity index (χ0n) is 11.7. The van der Waals surface area contributed by atoms with Crippen molar-refractivity contribution in [3.63, 3.8) is 0 Å². The zero-order chi connectivity index (χ0) is 16.0. The lowest BCUT2D eigenvalue weighted by Gasteiger charge is -2.27. The molecule has 0 aliphatic heterocycles. The number of nitrogens with zero attached hydrogens (tertiary/aromatic N) is 1. The van der Waals surface area contributed by atoms with Crippen molar-refractivity contribution in [2.75, 3.05) is 7.11 Å². The summed E-state index contributed by atoms with van der Waals surface area (Å²) in [6.07, 6.45) is 0.151. The Morgan fingerprint density at radius 1 is 1.38 bits per heavy atom. The fourth-order valence-corrected chi connectivity index (χ4v) is 1.73.